The van der Waals surface area contributed by atoms with Crippen molar-refractivity contribution in [1.82, 2.24) is 0 Å². The van der Waals surface area contributed by atoms with Crippen LogP contribution in [0.3, 0.4) is 0 Å². The van der Waals surface area contributed by atoms with Gasteiger partial charge in [-0.25, -0.2) is 0 Å². The molecule has 3 aromatic rings. The maximum atomic E-state index is 6.37. The predicted octanol–water partition coefficient (Wildman–Crippen LogP) is 6.17. The Bertz CT molecular complexity index is 1100. The minimum atomic E-state index is -1.68. The average Bonchev–Trinajstić information content (AvgIpc) is 3.03. The fourth-order valence-corrected chi connectivity index (χ4v) is 12.0. The Balaban J connectivity index is 2.05. The lowest BCUT2D eigenvalue weighted by Gasteiger charge is -2.36. The molecule has 0 unspecified atom stereocenters. The zero-order valence-electron chi connectivity index (χ0n) is 20.3. The van der Waals surface area contributed by atoms with Gasteiger partial charge in [0.1, 0.15) is 0 Å². The van der Waals surface area contributed by atoms with E-state index in [1.54, 1.807) is 10.4 Å². The third kappa shape index (κ3) is 3.54. The van der Waals surface area contributed by atoms with E-state index in [1.165, 1.54) is 44.5 Å². The van der Waals surface area contributed by atoms with Crippen molar-refractivity contribution in [2.75, 3.05) is 0 Å². The van der Waals surface area contributed by atoms with Crippen LogP contribution in [0.2, 0.25) is 39.3 Å². The van der Waals surface area contributed by atoms with Crippen molar-refractivity contribution < 1.29 is 9.47 Å². The third-order valence-electron chi connectivity index (χ3n) is 6.79. The summed E-state index contributed by atoms with van der Waals surface area (Å²) in [5, 5.41) is 3.26. The quantitative estimate of drug-likeness (QED) is 0.427. The second-order valence-electron chi connectivity index (χ2n) is 11.3. The van der Waals surface area contributed by atoms with Crippen LogP contribution in [0.25, 0.3) is 22.3 Å². The number of hydrogen-bond acceptors (Lipinski definition) is 2. The van der Waals surface area contributed by atoms with Gasteiger partial charge in [0.15, 0.2) is 0 Å². The van der Waals surface area contributed by atoms with Gasteiger partial charge in [-0.3, -0.25) is 0 Å². The first kappa shape index (κ1) is 21.8. The fourth-order valence-electron chi connectivity index (χ4n) is 5.70. The molecule has 0 amide bonds. The summed E-state index contributed by atoms with van der Waals surface area (Å²) in [6.07, 6.45) is 0. The monoisotopic (exact) mass is 458 g/mol. The van der Waals surface area contributed by atoms with Crippen LogP contribution < -0.4 is 10.4 Å². The number of fused-ring (bicyclic) bond motifs is 7. The summed E-state index contributed by atoms with van der Waals surface area (Å²) in [7, 11) is -3.36. The zero-order valence-corrected chi connectivity index (χ0v) is 22.3. The molecule has 2 aliphatic heterocycles. The van der Waals surface area contributed by atoms with E-state index in [9.17, 15) is 0 Å². The highest BCUT2D eigenvalue weighted by atomic mass is 28.3. The van der Waals surface area contributed by atoms with E-state index in [1.807, 2.05) is 0 Å². The van der Waals surface area contributed by atoms with Gasteiger partial charge in [-0.2, -0.15) is 0 Å². The number of benzene rings is 3. The summed E-state index contributed by atoms with van der Waals surface area (Å²) >= 11 is 0. The maximum absolute atomic E-state index is 6.37. The first-order chi connectivity index (χ1) is 15.2. The van der Waals surface area contributed by atoms with Crippen molar-refractivity contribution >= 4 is 26.5 Å². The minimum Gasteiger partial charge on any atom is -0.372 e. The molecule has 0 bridgehead atoms. The van der Waals surface area contributed by atoms with Crippen LogP contribution in [0.1, 0.15) is 22.3 Å². The maximum Gasteiger partial charge on any atom is 0.0779 e. The van der Waals surface area contributed by atoms with Gasteiger partial charge in [0.05, 0.1) is 42.6 Å². The lowest BCUT2D eigenvalue weighted by Crippen LogP contribution is -2.59. The van der Waals surface area contributed by atoms with Crippen molar-refractivity contribution in [2.24, 2.45) is 0 Å². The third-order valence-corrected chi connectivity index (χ3v) is 11.1. The van der Waals surface area contributed by atoms with Gasteiger partial charge < -0.3 is 9.47 Å². The first-order valence-electron chi connectivity index (χ1n) is 11.7. The van der Waals surface area contributed by atoms with Gasteiger partial charge in [0, 0.05) is 0 Å². The second kappa shape index (κ2) is 7.80. The molecule has 0 N–H and O–H groups in total. The normalized spacial score (nSPS) is 15.7. The van der Waals surface area contributed by atoms with Crippen molar-refractivity contribution in [3.63, 3.8) is 0 Å². The molecule has 0 atom stereocenters. The Morgan fingerprint density at radius 2 is 0.906 bits per heavy atom. The highest BCUT2D eigenvalue weighted by Gasteiger charge is 2.38. The highest BCUT2D eigenvalue weighted by molar-refractivity contribution is 6.99. The van der Waals surface area contributed by atoms with Crippen LogP contribution in [-0.4, -0.2) is 16.1 Å². The molecule has 0 saturated heterocycles. The van der Waals surface area contributed by atoms with Crippen LogP contribution in [-0.2, 0) is 35.9 Å². The number of hydrogen-bond donors (Lipinski definition) is 0. The molecule has 0 fully saturated rings. The van der Waals surface area contributed by atoms with Gasteiger partial charge in [-0.05, 0) is 44.5 Å². The molecule has 166 valence electrons. The molecule has 2 heterocycles. The van der Waals surface area contributed by atoms with E-state index in [2.05, 4.69) is 87.8 Å². The summed E-state index contributed by atoms with van der Waals surface area (Å²) in [5.74, 6) is 0. The van der Waals surface area contributed by atoms with Crippen molar-refractivity contribution in [2.45, 2.75) is 65.7 Å². The lowest BCUT2D eigenvalue weighted by atomic mass is 9.84. The molecule has 0 aromatic heterocycles. The summed E-state index contributed by atoms with van der Waals surface area (Å²) in [6.45, 7) is 17.7. The minimum absolute atomic E-state index is 0.672. The Morgan fingerprint density at radius 1 is 0.531 bits per heavy atom. The van der Waals surface area contributed by atoms with Crippen LogP contribution in [0.15, 0.2) is 48.5 Å². The van der Waals surface area contributed by atoms with Gasteiger partial charge in [0.25, 0.3) is 0 Å². The molecule has 5 rings (SSSR count). The average molecular weight is 459 g/mol. The van der Waals surface area contributed by atoms with Crippen LogP contribution in [0.4, 0.5) is 0 Å². The summed E-state index contributed by atoms with van der Waals surface area (Å²) < 4.78 is 12.7. The largest absolute Gasteiger partial charge is 0.372 e. The standard InChI is InChI=1S/C28H34O2Si2/c1-31(2,3)27-23-17-29-15-19-11-7-9-13-21(19)25(23)26-22-14-10-8-12-20(22)16-30-18-24(26)28(27)32(4,5)6/h7-14H,15-18H2,1-6H3. The lowest BCUT2D eigenvalue weighted by molar-refractivity contribution is 0.109. The van der Waals surface area contributed by atoms with Crippen molar-refractivity contribution in [1.29, 1.82) is 0 Å². The number of rotatable bonds is 2. The van der Waals surface area contributed by atoms with Crippen molar-refractivity contribution in [3.8, 4) is 22.3 Å². The molecule has 32 heavy (non-hydrogen) atoms. The summed E-state index contributed by atoms with van der Waals surface area (Å²) in [4.78, 5) is 0. The van der Waals surface area contributed by atoms with E-state index in [-0.39, 0.29) is 0 Å². The second-order valence-corrected chi connectivity index (χ2v) is 21.3. The van der Waals surface area contributed by atoms with Gasteiger partial charge in [0.2, 0.25) is 0 Å². The summed E-state index contributed by atoms with van der Waals surface area (Å²) in [5.41, 5.74) is 11.0. The molecule has 2 aliphatic rings. The Labute approximate surface area is 194 Å². The Morgan fingerprint density at radius 3 is 1.28 bits per heavy atom. The predicted molar refractivity (Wildman–Crippen MR) is 140 cm³/mol. The molecule has 3 aromatic carbocycles. The zero-order chi connectivity index (χ0) is 22.7. The highest BCUT2D eigenvalue weighted by Crippen LogP contribution is 2.44. The van der Waals surface area contributed by atoms with E-state index in [0.29, 0.717) is 26.4 Å². The van der Waals surface area contributed by atoms with Gasteiger partial charge >= 0.3 is 0 Å². The fraction of sp³-hybridized carbons (Fsp3) is 0.357. The first-order valence-corrected chi connectivity index (χ1v) is 18.7. The van der Waals surface area contributed by atoms with E-state index in [0.717, 1.165) is 0 Å². The molecular weight excluding hydrogens is 424 g/mol. The van der Waals surface area contributed by atoms with Crippen LogP contribution in [0, 0.1) is 0 Å². The summed E-state index contributed by atoms with van der Waals surface area (Å²) in [6, 6.07) is 17.7. The van der Waals surface area contributed by atoms with Crippen LogP contribution >= 0.6 is 0 Å². The SMILES string of the molecule is C[Si](C)(C)c1c2c(c3c(c1[Si](C)(C)C)COCc1ccccc1-3)-c1ccccc1COC2. The molecule has 0 saturated carbocycles. The van der Waals surface area contributed by atoms with Crippen molar-refractivity contribution in [3.05, 3.63) is 70.8 Å². The van der Waals surface area contributed by atoms with Gasteiger partial charge in [-0.15, -0.1) is 0 Å². The number of ether oxygens (including phenoxy) is 2. The Kier molecular flexibility index (Phi) is 5.33. The molecule has 0 radical (unpaired) electrons. The van der Waals surface area contributed by atoms with Gasteiger partial charge in [-0.1, -0.05) is 98.2 Å². The van der Waals surface area contributed by atoms with Crippen LogP contribution in [0.5, 0.6) is 0 Å². The Hall–Kier alpha value is -1.99. The molecular formula is C28H34O2Si2. The molecule has 2 nitrogen and oxygen atoms in total. The van der Waals surface area contributed by atoms with E-state index in [4.69, 9.17) is 9.47 Å². The molecule has 4 heteroatoms. The molecule has 0 aliphatic carbocycles. The smallest absolute Gasteiger partial charge is 0.0779 e. The molecule has 0 spiro atoms. The van der Waals surface area contributed by atoms with E-state index >= 15 is 0 Å². The van der Waals surface area contributed by atoms with E-state index < -0.39 is 16.1 Å². The topological polar surface area (TPSA) is 18.5 Å².